The van der Waals surface area contributed by atoms with E-state index in [9.17, 15) is 5.26 Å². The van der Waals surface area contributed by atoms with Gasteiger partial charge in [-0.1, -0.05) is 49.4 Å². The first-order chi connectivity index (χ1) is 17.5. The SMILES string of the molecule is C=CC(C)C1CCc2c(-c3ccccc3F)nc(-c3ccnc4c(C)cccc34)nc2C1/C=C/C#N. The van der Waals surface area contributed by atoms with E-state index < -0.39 is 0 Å². The Labute approximate surface area is 210 Å². The molecular weight excluding hydrogens is 447 g/mol. The smallest absolute Gasteiger partial charge is 0.160 e. The molecule has 1 aliphatic carbocycles. The summed E-state index contributed by atoms with van der Waals surface area (Å²) < 4.78 is 15.1. The third kappa shape index (κ3) is 4.09. The maximum atomic E-state index is 15.1. The first kappa shape index (κ1) is 23.6. The number of para-hydroxylation sites is 1. The first-order valence-corrected chi connectivity index (χ1v) is 12.2. The maximum Gasteiger partial charge on any atom is 0.160 e. The van der Waals surface area contributed by atoms with Gasteiger partial charge in [-0.2, -0.15) is 5.26 Å². The summed E-state index contributed by atoms with van der Waals surface area (Å²) in [5.74, 6) is 0.569. The number of halogens is 1. The highest BCUT2D eigenvalue weighted by molar-refractivity contribution is 5.94. The normalized spacial score (nSPS) is 18.1. The number of hydrogen-bond donors (Lipinski definition) is 0. The molecule has 0 fully saturated rings. The summed E-state index contributed by atoms with van der Waals surface area (Å²) >= 11 is 0. The molecule has 0 amide bonds. The number of pyridine rings is 1. The van der Waals surface area contributed by atoms with Crippen molar-refractivity contribution < 1.29 is 4.39 Å². The molecule has 0 saturated carbocycles. The van der Waals surface area contributed by atoms with E-state index in [2.05, 4.69) is 24.6 Å². The highest BCUT2D eigenvalue weighted by Crippen LogP contribution is 2.44. The Morgan fingerprint density at radius 2 is 1.94 bits per heavy atom. The molecule has 0 saturated heterocycles. The summed E-state index contributed by atoms with van der Waals surface area (Å²) in [6, 6.07) is 16.9. The Balaban J connectivity index is 1.83. The highest BCUT2D eigenvalue weighted by Gasteiger charge is 2.35. The number of nitrogens with zero attached hydrogens (tertiary/aromatic N) is 4. The molecule has 0 N–H and O–H groups in total. The van der Waals surface area contributed by atoms with E-state index in [1.807, 2.05) is 49.4 Å². The summed E-state index contributed by atoms with van der Waals surface area (Å²) in [5.41, 5.74) is 5.69. The van der Waals surface area contributed by atoms with E-state index in [1.54, 1.807) is 18.3 Å². The van der Waals surface area contributed by atoms with Crippen molar-refractivity contribution in [2.45, 2.75) is 32.6 Å². The van der Waals surface area contributed by atoms with Crippen LogP contribution in [0.25, 0.3) is 33.5 Å². The number of benzene rings is 2. The number of aryl methyl sites for hydroxylation is 1. The largest absolute Gasteiger partial charge is 0.256 e. The van der Waals surface area contributed by atoms with E-state index in [0.29, 0.717) is 17.1 Å². The van der Waals surface area contributed by atoms with Crippen LogP contribution in [0.2, 0.25) is 0 Å². The Kier molecular flexibility index (Phi) is 6.43. The molecule has 0 radical (unpaired) electrons. The van der Waals surface area contributed by atoms with Gasteiger partial charge in [-0.05, 0) is 55.4 Å². The zero-order chi connectivity index (χ0) is 25.2. The van der Waals surface area contributed by atoms with Crippen molar-refractivity contribution in [3.63, 3.8) is 0 Å². The first-order valence-electron chi connectivity index (χ1n) is 12.2. The second-order valence-corrected chi connectivity index (χ2v) is 9.38. The van der Waals surface area contributed by atoms with Crippen molar-refractivity contribution in [3.8, 4) is 28.7 Å². The summed E-state index contributed by atoms with van der Waals surface area (Å²) in [6.07, 6.45) is 8.79. The number of nitriles is 1. The van der Waals surface area contributed by atoms with E-state index >= 15 is 4.39 Å². The Hall–Kier alpha value is -4.17. The summed E-state index contributed by atoms with van der Waals surface area (Å²) in [6.45, 7) is 8.19. The second kappa shape index (κ2) is 9.83. The molecule has 5 rings (SSSR count). The molecule has 3 unspecified atom stereocenters. The van der Waals surface area contributed by atoms with Crippen LogP contribution in [0.15, 0.2) is 79.5 Å². The van der Waals surface area contributed by atoms with Crippen molar-refractivity contribution >= 4 is 10.9 Å². The molecule has 0 spiro atoms. The Morgan fingerprint density at radius 1 is 1.11 bits per heavy atom. The molecule has 36 heavy (non-hydrogen) atoms. The minimum Gasteiger partial charge on any atom is -0.256 e. The van der Waals surface area contributed by atoms with E-state index in [4.69, 9.17) is 9.97 Å². The molecular formula is C31H27FN4. The molecule has 0 bridgehead atoms. The number of hydrogen-bond acceptors (Lipinski definition) is 4. The van der Waals surface area contributed by atoms with Crippen molar-refractivity contribution in [1.29, 1.82) is 5.26 Å². The molecule has 2 heterocycles. The van der Waals surface area contributed by atoms with Crippen LogP contribution in [0.4, 0.5) is 4.39 Å². The fourth-order valence-electron chi connectivity index (χ4n) is 5.38. The topological polar surface area (TPSA) is 62.5 Å². The zero-order valence-electron chi connectivity index (χ0n) is 20.4. The van der Waals surface area contributed by atoms with Crippen LogP contribution in [0, 0.1) is 35.9 Å². The van der Waals surface area contributed by atoms with Crippen LogP contribution in [0.3, 0.4) is 0 Å². The lowest BCUT2D eigenvalue weighted by molar-refractivity contribution is 0.334. The molecule has 1 aliphatic rings. The Morgan fingerprint density at radius 3 is 2.72 bits per heavy atom. The fraction of sp³-hybridized carbons (Fsp3) is 0.226. The quantitative estimate of drug-likeness (QED) is 0.224. The standard InChI is InChI=1S/C31H27FN4/c1-4-19(2)21-14-15-26-29(22(21)12-8-17-33)35-31(36-30(26)25-10-5-6-13-27(25)32)24-16-18-34-28-20(3)9-7-11-23(24)28/h4-13,16,18-19,21-22H,1,14-15H2,2-3H3/b12-8+. The third-order valence-electron chi connectivity index (χ3n) is 7.31. The number of aromatic nitrogens is 3. The lowest BCUT2D eigenvalue weighted by atomic mass is 9.71. The molecule has 0 aliphatic heterocycles. The number of fused-ring (bicyclic) bond motifs is 2. The van der Waals surface area contributed by atoms with Crippen LogP contribution in [0.5, 0.6) is 0 Å². The highest BCUT2D eigenvalue weighted by atomic mass is 19.1. The predicted octanol–water partition coefficient (Wildman–Crippen LogP) is 7.35. The van der Waals surface area contributed by atoms with Gasteiger partial charge in [-0.25, -0.2) is 14.4 Å². The van der Waals surface area contributed by atoms with Crippen molar-refractivity contribution in [2.24, 2.45) is 11.8 Å². The van der Waals surface area contributed by atoms with Crippen LogP contribution < -0.4 is 0 Å². The molecule has 178 valence electrons. The Bertz CT molecular complexity index is 1530. The maximum absolute atomic E-state index is 15.1. The van der Waals surface area contributed by atoms with Crippen LogP contribution >= 0.6 is 0 Å². The van der Waals surface area contributed by atoms with Gasteiger partial charge in [-0.15, -0.1) is 6.58 Å². The zero-order valence-corrected chi connectivity index (χ0v) is 20.4. The van der Waals surface area contributed by atoms with Gasteiger partial charge in [0.2, 0.25) is 0 Å². The number of allylic oxidation sites excluding steroid dienone is 3. The molecule has 4 aromatic rings. The molecule has 4 nitrogen and oxygen atoms in total. The molecule has 3 atom stereocenters. The molecule has 2 aromatic heterocycles. The third-order valence-corrected chi connectivity index (χ3v) is 7.31. The number of rotatable bonds is 5. The van der Waals surface area contributed by atoms with Crippen molar-refractivity contribution in [3.05, 3.63) is 102 Å². The van der Waals surface area contributed by atoms with Gasteiger partial charge in [-0.3, -0.25) is 4.98 Å². The monoisotopic (exact) mass is 474 g/mol. The minimum absolute atomic E-state index is 0.108. The van der Waals surface area contributed by atoms with Gasteiger partial charge in [0.15, 0.2) is 5.82 Å². The van der Waals surface area contributed by atoms with Crippen LogP contribution in [-0.4, -0.2) is 15.0 Å². The predicted molar refractivity (Wildman–Crippen MR) is 142 cm³/mol. The van der Waals surface area contributed by atoms with Crippen molar-refractivity contribution in [1.82, 2.24) is 15.0 Å². The van der Waals surface area contributed by atoms with E-state index in [0.717, 1.165) is 46.1 Å². The molecule has 2 aromatic carbocycles. The van der Waals surface area contributed by atoms with Gasteiger partial charge in [0.1, 0.15) is 5.82 Å². The van der Waals surface area contributed by atoms with Crippen LogP contribution in [0.1, 0.15) is 36.1 Å². The average molecular weight is 475 g/mol. The van der Waals surface area contributed by atoms with Crippen molar-refractivity contribution in [2.75, 3.05) is 0 Å². The van der Waals surface area contributed by atoms with Gasteiger partial charge in [0, 0.05) is 40.3 Å². The van der Waals surface area contributed by atoms with Crippen LogP contribution in [-0.2, 0) is 6.42 Å². The second-order valence-electron chi connectivity index (χ2n) is 9.38. The van der Waals surface area contributed by atoms with Gasteiger partial charge in [0.05, 0.1) is 23.0 Å². The summed E-state index contributed by atoms with van der Waals surface area (Å²) in [7, 11) is 0. The van der Waals surface area contributed by atoms with Gasteiger partial charge in [0.25, 0.3) is 0 Å². The van der Waals surface area contributed by atoms with Gasteiger partial charge < -0.3 is 0 Å². The summed E-state index contributed by atoms with van der Waals surface area (Å²) in [4.78, 5) is 14.7. The average Bonchev–Trinajstić information content (AvgIpc) is 2.91. The van der Waals surface area contributed by atoms with E-state index in [1.165, 1.54) is 12.1 Å². The van der Waals surface area contributed by atoms with E-state index in [-0.39, 0.29) is 23.6 Å². The fourth-order valence-corrected chi connectivity index (χ4v) is 5.38. The van der Waals surface area contributed by atoms with Gasteiger partial charge >= 0.3 is 0 Å². The lowest BCUT2D eigenvalue weighted by Crippen LogP contribution is -2.26. The lowest BCUT2D eigenvalue weighted by Gasteiger charge is -2.35. The molecule has 5 heteroatoms. The minimum atomic E-state index is -0.314. The summed E-state index contributed by atoms with van der Waals surface area (Å²) in [5, 5.41) is 10.3.